The maximum absolute atomic E-state index is 5.78. The lowest BCUT2D eigenvalue weighted by molar-refractivity contribution is -0.149. The SMILES string of the molecule is C=C(C)CC#CC(C)(C)OC[C@H]1COC(C)(C)O1. The Morgan fingerprint density at radius 2 is 2.17 bits per heavy atom. The van der Waals surface area contributed by atoms with E-state index in [0.29, 0.717) is 19.6 Å². The predicted octanol–water partition coefficient (Wildman–Crippen LogP) is 2.90. The van der Waals surface area contributed by atoms with E-state index < -0.39 is 11.4 Å². The van der Waals surface area contributed by atoms with Gasteiger partial charge in [0.1, 0.15) is 11.7 Å². The second-order valence-electron chi connectivity index (χ2n) is 5.71. The van der Waals surface area contributed by atoms with Crippen molar-refractivity contribution in [2.45, 2.75) is 58.5 Å². The summed E-state index contributed by atoms with van der Waals surface area (Å²) in [4.78, 5) is 0. The summed E-state index contributed by atoms with van der Waals surface area (Å²) in [5, 5.41) is 0. The minimum absolute atomic E-state index is 0.0118. The third kappa shape index (κ3) is 5.68. The molecule has 1 fully saturated rings. The molecule has 1 heterocycles. The van der Waals surface area contributed by atoms with Gasteiger partial charge in [0.15, 0.2) is 5.79 Å². The molecule has 1 aliphatic heterocycles. The number of ether oxygens (including phenoxy) is 3. The molecule has 1 atom stereocenters. The van der Waals surface area contributed by atoms with E-state index in [0.717, 1.165) is 5.57 Å². The maximum atomic E-state index is 5.78. The lowest BCUT2D eigenvalue weighted by atomic mass is 10.1. The quantitative estimate of drug-likeness (QED) is 0.569. The van der Waals surface area contributed by atoms with Gasteiger partial charge in [0.2, 0.25) is 0 Å². The van der Waals surface area contributed by atoms with Crippen molar-refractivity contribution in [2.24, 2.45) is 0 Å². The average molecular weight is 252 g/mol. The predicted molar refractivity (Wildman–Crippen MR) is 72.1 cm³/mol. The van der Waals surface area contributed by atoms with Crippen LogP contribution in [0.5, 0.6) is 0 Å². The van der Waals surface area contributed by atoms with Gasteiger partial charge in [0.25, 0.3) is 0 Å². The minimum atomic E-state index is -0.496. The molecule has 1 rings (SSSR count). The molecule has 102 valence electrons. The Balaban J connectivity index is 2.37. The van der Waals surface area contributed by atoms with Gasteiger partial charge in [-0.15, -0.1) is 0 Å². The van der Waals surface area contributed by atoms with Crippen LogP contribution >= 0.6 is 0 Å². The first-order chi connectivity index (χ1) is 8.20. The molecule has 3 nitrogen and oxygen atoms in total. The lowest BCUT2D eigenvalue weighted by Crippen LogP contribution is -2.30. The van der Waals surface area contributed by atoms with Crippen molar-refractivity contribution in [1.82, 2.24) is 0 Å². The number of hydrogen-bond acceptors (Lipinski definition) is 3. The number of hydrogen-bond donors (Lipinski definition) is 0. The van der Waals surface area contributed by atoms with Gasteiger partial charge in [-0.2, -0.15) is 0 Å². The van der Waals surface area contributed by atoms with Crippen LogP contribution in [0.2, 0.25) is 0 Å². The minimum Gasteiger partial charge on any atom is -0.360 e. The van der Waals surface area contributed by atoms with Crippen LogP contribution in [-0.4, -0.2) is 30.7 Å². The third-order valence-electron chi connectivity index (χ3n) is 2.48. The molecule has 0 saturated carbocycles. The molecular formula is C15H24O3. The fourth-order valence-electron chi connectivity index (χ4n) is 1.59. The molecule has 0 bridgehead atoms. The monoisotopic (exact) mass is 252 g/mol. The van der Waals surface area contributed by atoms with Crippen molar-refractivity contribution in [3.63, 3.8) is 0 Å². The van der Waals surface area contributed by atoms with E-state index in [1.165, 1.54) is 0 Å². The summed E-state index contributed by atoms with van der Waals surface area (Å²) >= 11 is 0. The molecule has 3 heteroatoms. The number of rotatable bonds is 4. The molecule has 0 radical (unpaired) electrons. The van der Waals surface area contributed by atoms with Gasteiger partial charge in [-0.25, -0.2) is 0 Å². The first-order valence-electron chi connectivity index (χ1n) is 6.30. The van der Waals surface area contributed by atoms with Crippen molar-refractivity contribution in [1.29, 1.82) is 0 Å². The van der Waals surface area contributed by atoms with Crippen LogP contribution in [0.4, 0.5) is 0 Å². The second kappa shape index (κ2) is 5.88. The first kappa shape index (κ1) is 15.2. The molecule has 0 aromatic rings. The molecule has 18 heavy (non-hydrogen) atoms. The van der Waals surface area contributed by atoms with Gasteiger partial charge in [-0.1, -0.05) is 24.0 Å². The topological polar surface area (TPSA) is 27.7 Å². The van der Waals surface area contributed by atoms with Crippen LogP contribution in [0.3, 0.4) is 0 Å². The van der Waals surface area contributed by atoms with E-state index in [2.05, 4.69) is 18.4 Å². The Labute approximate surface area is 110 Å². The highest BCUT2D eigenvalue weighted by molar-refractivity contribution is 5.15. The normalized spacial score (nSPS) is 22.4. The highest BCUT2D eigenvalue weighted by Crippen LogP contribution is 2.23. The van der Waals surface area contributed by atoms with E-state index >= 15 is 0 Å². The van der Waals surface area contributed by atoms with E-state index in [4.69, 9.17) is 14.2 Å². The van der Waals surface area contributed by atoms with Gasteiger partial charge in [-0.3, -0.25) is 0 Å². The van der Waals surface area contributed by atoms with Crippen LogP contribution < -0.4 is 0 Å². The smallest absolute Gasteiger partial charge is 0.163 e. The molecule has 0 unspecified atom stereocenters. The van der Waals surface area contributed by atoms with Crippen LogP contribution in [-0.2, 0) is 14.2 Å². The molecular weight excluding hydrogens is 228 g/mol. The summed E-state index contributed by atoms with van der Waals surface area (Å²) in [6, 6.07) is 0. The average Bonchev–Trinajstić information content (AvgIpc) is 2.55. The molecule has 0 spiro atoms. The highest BCUT2D eigenvalue weighted by atomic mass is 16.7. The van der Waals surface area contributed by atoms with Gasteiger partial charge in [0, 0.05) is 6.42 Å². The van der Waals surface area contributed by atoms with E-state index in [1.54, 1.807) is 0 Å². The van der Waals surface area contributed by atoms with Crippen LogP contribution in [0.25, 0.3) is 0 Å². The first-order valence-corrected chi connectivity index (χ1v) is 6.30. The Morgan fingerprint density at radius 3 is 2.67 bits per heavy atom. The molecule has 1 saturated heterocycles. The van der Waals surface area contributed by atoms with Crippen molar-refractivity contribution in [3.8, 4) is 11.8 Å². The molecule has 0 aromatic carbocycles. The largest absolute Gasteiger partial charge is 0.360 e. The Kier molecular flexibility index (Phi) is 4.98. The molecule has 1 aliphatic rings. The van der Waals surface area contributed by atoms with Gasteiger partial charge in [0.05, 0.1) is 13.2 Å². The third-order valence-corrected chi connectivity index (χ3v) is 2.48. The summed E-state index contributed by atoms with van der Waals surface area (Å²) in [5.74, 6) is 5.68. The van der Waals surface area contributed by atoms with E-state index in [9.17, 15) is 0 Å². The van der Waals surface area contributed by atoms with Crippen molar-refractivity contribution in [2.75, 3.05) is 13.2 Å². The summed E-state index contributed by atoms with van der Waals surface area (Å²) < 4.78 is 16.9. The van der Waals surface area contributed by atoms with Gasteiger partial charge in [-0.05, 0) is 34.6 Å². The highest BCUT2D eigenvalue weighted by Gasteiger charge is 2.33. The summed E-state index contributed by atoms with van der Waals surface area (Å²) in [6.45, 7) is 14.6. The fourth-order valence-corrected chi connectivity index (χ4v) is 1.59. The Hall–Kier alpha value is -0.820. The zero-order valence-electron chi connectivity index (χ0n) is 12.1. The summed E-state index contributed by atoms with van der Waals surface area (Å²) in [7, 11) is 0. The van der Waals surface area contributed by atoms with Gasteiger partial charge >= 0.3 is 0 Å². The van der Waals surface area contributed by atoms with Crippen LogP contribution in [0.15, 0.2) is 12.2 Å². The fraction of sp³-hybridized carbons (Fsp3) is 0.733. The van der Waals surface area contributed by atoms with Crippen molar-refractivity contribution < 1.29 is 14.2 Å². The van der Waals surface area contributed by atoms with E-state index in [-0.39, 0.29) is 6.10 Å². The standard InChI is InChI=1S/C15H24O3/c1-12(2)8-7-9-14(3,4)16-10-13-11-17-15(5,6)18-13/h13H,1,8,10-11H2,2-6H3/t13-/m0/s1. The van der Waals surface area contributed by atoms with Gasteiger partial charge < -0.3 is 14.2 Å². The Bertz CT molecular complexity index is 358. The molecule has 0 N–H and O–H groups in total. The summed E-state index contributed by atoms with van der Waals surface area (Å²) in [6.07, 6.45) is 0.699. The number of allylic oxidation sites excluding steroid dienone is 1. The zero-order valence-corrected chi connectivity index (χ0v) is 12.1. The molecule has 0 amide bonds. The summed E-state index contributed by atoms with van der Waals surface area (Å²) in [5.41, 5.74) is 0.596. The Morgan fingerprint density at radius 1 is 1.50 bits per heavy atom. The molecule has 0 aromatic heterocycles. The molecule has 0 aliphatic carbocycles. The lowest BCUT2D eigenvalue weighted by Gasteiger charge is -2.22. The second-order valence-corrected chi connectivity index (χ2v) is 5.71. The van der Waals surface area contributed by atoms with Crippen molar-refractivity contribution >= 4 is 0 Å². The van der Waals surface area contributed by atoms with E-state index in [1.807, 2.05) is 34.6 Å². The van der Waals surface area contributed by atoms with Crippen LogP contribution in [0.1, 0.15) is 41.0 Å². The zero-order chi connectivity index (χ0) is 13.8. The van der Waals surface area contributed by atoms with Crippen molar-refractivity contribution in [3.05, 3.63) is 12.2 Å². The van der Waals surface area contributed by atoms with Crippen LogP contribution in [0, 0.1) is 11.8 Å². The maximum Gasteiger partial charge on any atom is 0.163 e.